The SMILES string of the molecule is COc1cccc(F)c1C(=O)NCC1CNC1. The fourth-order valence-electron chi connectivity index (χ4n) is 1.71. The maximum absolute atomic E-state index is 13.6. The molecular formula is C12H15FN2O2. The van der Waals surface area contributed by atoms with E-state index in [0.29, 0.717) is 12.5 Å². The Balaban J connectivity index is 2.06. The molecule has 1 amide bonds. The van der Waals surface area contributed by atoms with E-state index in [1.54, 1.807) is 6.07 Å². The summed E-state index contributed by atoms with van der Waals surface area (Å²) >= 11 is 0. The molecule has 0 spiro atoms. The summed E-state index contributed by atoms with van der Waals surface area (Å²) in [5.41, 5.74) is -0.0257. The number of amides is 1. The summed E-state index contributed by atoms with van der Waals surface area (Å²) in [6, 6.07) is 4.34. The lowest BCUT2D eigenvalue weighted by Gasteiger charge is -2.27. The molecule has 2 rings (SSSR count). The first kappa shape index (κ1) is 11.9. The van der Waals surface area contributed by atoms with Crippen LogP contribution in [0.15, 0.2) is 18.2 Å². The molecule has 1 aliphatic heterocycles. The molecule has 92 valence electrons. The van der Waals surface area contributed by atoms with Crippen LogP contribution in [-0.4, -0.2) is 32.7 Å². The van der Waals surface area contributed by atoms with Crippen LogP contribution in [0.2, 0.25) is 0 Å². The predicted molar refractivity (Wildman–Crippen MR) is 61.6 cm³/mol. The van der Waals surface area contributed by atoms with Gasteiger partial charge in [0.1, 0.15) is 17.1 Å². The topological polar surface area (TPSA) is 50.4 Å². The largest absolute Gasteiger partial charge is 0.496 e. The van der Waals surface area contributed by atoms with Gasteiger partial charge in [-0.1, -0.05) is 6.07 Å². The van der Waals surface area contributed by atoms with Gasteiger partial charge in [-0.05, 0) is 12.1 Å². The van der Waals surface area contributed by atoms with Crippen LogP contribution < -0.4 is 15.4 Å². The zero-order valence-electron chi connectivity index (χ0n) is 9.63. The third-order valence-electron chi connectivity index (χ3n) is 2.84. The highest BCUT2D eigenvalue weighted by Gasteiger charge is 2.21. The lowest BCUT2D eigenvalue weighted by molar-refractivity contribution is 0.0935. The third-order valence-corrected chi connectivity index (χ3v) is 2.84. The number of ether oxygens (including phenoxy) is 1. The van der Waals surface area contributed by atoms with Crippen LogP contribution in [0.25, 0.3) is 0 Å². The van der Waals surface area contributed by atoms with Crippen LogP contribution in [0, 0.1) is 11.7 Å². The van der Waals surface area contributed by atoms with E-state index in [2.05, 4.69) is 10.6 Å². The van der Waals surface area contributed by atoms with Crippen LogP contribution >= 0.6 is 0 Å². The molecule has 1 fully saturated rings. The average molecular weight is 238 g/mol. The standard InChI is InChI=1S/C12H15FN2O2/c1-17-10-4-2-3-9(13)11(10)12(16)15-7-8-5-14-6-8/h2-4,8,14H,5-7H2,1H3,(H,15,16). The van der Waals surface area contributed by atoms with Crippen LogP contribution in [0.5, 0.6) is 5.75 Å². The number of methoxy groups -OCH3 is 1. The second-order valence-electron chi connectivity index (χ2n) is 4.05. The summed E-state index contributed by atoms with van der Waals surface area (Å²) in [7, 11) is 1.42. The molecule has 0 radical (unpaired) electrons. The van der Waals surface area contributed by atoms with Crippen molar-refractivity contribution < 1.29 is 13.9 Å². The molecule has 0 atom stereocenters. The van der Waals surface area contributed by atoms with Gasteiger partial charge in [0.15, 0.2) is 0 Å². The highest BCUT2D eigenvalue weighted by atomic mass is 19.1. The molecule has 1 heterocycles. The smallest absolute Gasteiger partial charge is 0.258 e. The lowest BCUT2D eigenvalue weighted by Crippen LogP contribution is -2.48. The number of carbonyl (C=O) groups excluding carboxylic acids is 1. The van der Waals surface area contributed by atoms with Crippen molar-refractivity contribution in [2.24, 2.45) is 5.92 Å². The van der Waals surface area contributed by atoms with E-state index in [1.807, 2.05) is 0 Å². The van der Waals surface area contributed by atoms with Crippen molar-refractivity contribution in [1.82, 2.24) is 10.6 Å². The molecule has 0 aliphatic carbocycles. The predicted octanol–water partition coefficient (Wildman–Crippen LogP) is 0.783. The van der Waals surface area contributed by atoms with Gasteiger partial charge < -0.3 is 15.4 Å². The molecule has 0 aromatic heterocycles. The van der Waals surface area contributed by atoms with Gasteiger partial charge in [-0.3, -0.25) is 4.79 Å². The number of carbonyl (C=O) groups is 1. The van der Waals surface area contributed by atoms with Crippen LogP contribution in [0.4, 0.5) is 4.39 Å². The Hall–Kier alpha value is -1.62. The van der Waals surface area contributed by atoms with Crippen molar-refractivity contribution in [3.8, 4) is 5.75 Å². The first-order valence-electron chi connectivity index (χ1n) is 5.53. The molecule has 0 bridgehead atoms. The van der Waals surface area contributed by atoms with Gasteiger partial charge in [-0.2, -0.15) is 0 Å². The monoisotopic (exact) mass is 238 g/mol. The summed E-state index contributed by atoms with van der Waals surface area (Å²) in [4.78, 5) is 11.8. The maximum atomic E-state index is 13.6. The Morgan fingerprint density at radius 3 is 2.94 bits per heavy atom. The van der Waals surface area contributed by atoms with E-state index < -0.39 is 11.7 Å². The van der Waals surface area contributed by atoms with Crippen molar-refractivity contribution in [2.45, 2.75) is 0 Å². The Kier molecular flexibility index (Phi) is 3.58. The minimum absolute atomic E-state index is 0.0257. The van der Waals surface area contributed by atoms with Crippen molar-refractivity contribution in [3.63, 3.8) is 0 Å². The van der Waals surface area contributed by atoms with E-state index in [0.717, 1.165) is 13.1 Å². The maximum Gasteiger partial charge on any atom is 0.258 e. The Morgan fingerprint density at radius 2 is 2.35 bits per heavy atom. The zero-order valence-corrected chi connectivity index (χ0v) is 9.63. The molecule has 2 N–H and O–H groups in total. The van der Waals surface area contributed by atoms with Gasteiger partial charge in [0.25, 0.3) is 5.91 Å². The minimum atomic E-state index is -0.561. The molecule has 0 saturated carbocycles. The highest BCUT2D eigenvalue weighted by Crippen LogP contribution is 2.20. The summed E-state index contributed by atoms with van der Waals surface area (Å²) < 4.78 is 18.5. The van der Waals surface area contributed by atoms with Crippen LogP contribution in [0.1, 0.15) is 10.4 Å². The van der Waals surface area contributed by atoms with Gasteiger partial charge in [-0.25, -0.2) is 4.39 Å². The van der Waals surface area contributed by atoms with E-state index >= 15 is 0 Å². The number of benzene rings is 1. The number of nitrogens with one attached hydrogen (secondary N) is 2. The van der Waals surface area contributed by atoms with Crippen molar-refractivity contribution in [3.05, 3.63) is 29.6 Å². The van der Waals surface area contributed by atoms with Crippen LogP contribution in [-0.2, 0) is 0 Å². The van der Waals surface area contributed by atoms with E-state index in [-0.39, 0.29) is 11.3 Å². The Bertz CT molecular complexity index is 419. The fraction of sp³-hybridized carbons (Fsp3) is 0.417. The van der Waals surface area contributed by atoms with Gasteiger partial charge in [0.2, 0.25) is 0 Å². The molecule has 17 heavy (non-hydrogen) atoms. The normalized spacial score (nSPS) is 15.2. The van der Waals surface area contributed by atoms with Crippen molar-refractivity contribution in [2.75, 3.05) is 26.7 Å². The molecule has 1 saturated heterocycles. The van der Waals surface area contributed by atoms with Crippen LogP contribution in [0.3, 0.4) is 0 Å². The first-order valence-corrected chi connectivity index (χ1v) is 5.53. The average Bonchev–Trinajstić information content (AvgIpc) is 2.26. The molecule has 5 heteroatoms. The van der Waals surface area contributed by atoms with E-state index in [4.69, 9.17) is 4.74 Å². The van der Waals surface area contributed by atoms with Crippen molar-refractivity contribution in [1.29, 1.82) is 0 Å². The zero-order chi connectivity index (χ0) is 12.3. The first-order chi connectivity index (χ1) is 8.22. The second kappa shape index (κ2) is 5.14. The molecular weight excluding hydrogens is 223 g/mol. The van der Waals surface area contributed by atoms with Crippen molar-refractivity contribution >= 4 is 5.91 Å². The van der Waals surface area contributed by atoms with Gasteiger partial charge >= 0.3 is 0 Å². The molecule has 1 aromatic rings. The summed E-state index contributed by atoms with van der Waals surface area (Å²) in [6.07, 6.45) is 0. The number of rotatable bonds is 4. The molecule has 1 aliphatic rings. The van der Waals surface area contributed by atoms with Gasteiger partial charge in [0, 0.05) is 25.6 Å². The molecule has 1 aromatic carbocycles. The molecule has 4 nitrogen and oxygen atoms in total. The van der Waals surface area contributed by atoms with Gasteiger partial charge in [-0.15, -0.1) is 0 Å². The minimum Gasteiger partial charge on any atom is -0.496 e. The second-order valence-corrected chi connectivity index (χ2v) is 4.05. The Labute approximate surface area is 99.2 Å². The highest BCUT2D eigenvalue weighted by molar-refractivity contribution is 5.97. The fourth-order valence-corrected chi connectivity index (χ4v) is 1.71. The van der Waals surface area contributed by atoms with Gasteiger partial charge in [0.05, 0.1) is 7.11 Å². The van der Waals surface area contributed by atoms with E-state index in [9.17, 15) is 9.18 Å². The quantitative estimate of drug-likeness (QED) is 0.815. The van der Waals surface area contributed by atoms with E-state index in [1.165, 1.54) is 19.2 Å². The number of hydrogen-bond donors (Lipinski definition) is 2. The summed E-state index contributed by atoms with van der Waals surface area (Å²) in [5.74, 6) is -0.286. The summed E-state index contributed by atoms with van der Waals surface area (Å²) in [5, 5.41) is 5.83. The number of hydrogen-bond acceptors (Lipinski definition) is 3. The number of halogens is 1. The lowest BCUT2D eigenvalue weighted by atomic mass is 10.0. The summed E-state index contributed by atoms with van der Waals surface area (Å²) in [6.45, 7) is 2.35. The Morgan fingerprint density at radius 1 is 1.59 bits per heavy atom. The molecule has 0 unspecified atom stereocenters. The third kappa shape index (κ3) is 2.55.